The topological polar surface area (TPSA) is 105 Å². The van der Waals surface area contributed by atoms with Crippen molar-refractivity contribution in [1.29, 1.82) is 0 Å². The number of amides is 2. The Morgan fingerprint density at radius 3 is 2.72 bits per heavy atom. The largest absolute Gasteiger partial charge is 0.496 e. The molecule has 0 radical (unpaired) electrons. The number of rotatable bonds is 7. The Labute approximate surface area is 186 Å². The number of carbonyl (C=O) groups is 2. The number of aryl methyl sites for hydroxylation is 1. The molecule has 1 saturated heterocycles. The van der Waals surface area contributed by atoms with Crippen LogP contribution >= 0.6 is 0 Å². The molecule has 9 heteroatoms. The van der Waals surface area contributed by atoms with Gasteiger partial charge in [0.1, 0.15) is 11.4 Å². The van der Waals surface area contributed by atoms with Crippen molar-refractivity contribution in [2.24, 2.45) is 13.0 Å². The molecule has 0 unspecified atom stereocenters. The smallest absolute Gasteiger partial charge is 0.271 e. The molecule has 1 aliphatic heterocycles. The Hall–Kier alpha value is -3.62. The minimum Gasteiger partial charge on any atom is -0.496 e. The number of hydrogen-bond acceptors (Lipinski definition) is 5. The van der Waals surface area contributed by atoms with Crippen LogP contribution in [0.25, 0.3) is 0 Å². The molecule has 3 heterocycles. The molecular formula is C23H28N6O3. The van der Waals surface area contributed by atoms with Gasteiger partial charge >= 0.3 is 0 Å². The average Bonchev–Trinajstić information content (AvgIpc) is 3.48. The fourth-order valence-corrected chi connectivity index (χ4v) is 4.15. The number of benzene rings is 1. The number of H-pyrrole nitrogens is 1. The molecule has 32 heavy (non-hydrogen) atoms. The summed E-state index contributed by atoms with van der Waals surface area (Å²) in [4.78, 5) is 27.2. The Morgan fingerprint density at radius 1 is 1.22 bits per heavy atom. The molecular weight excluding hydrogens is 408 g/mol. The highest BCUT2D eigenvalue weighted by Crippen LogP contribution is 2.24. The first-order chi connectivity index (χ1) is 15.5. The molecule has 0 saturated carbocycles. The van der Waals surface area contributed by atoms with Crippen molar-refractivity contribution in [3.8, 4) is 5.75 Å². The summed E-state index contributed by atoms with van der Waals surface area (Å²) in [6.07, 6.45) is 5.81. The van der Waals surface area contributed by atoms with E-state index in [9.17, 15) is 9.59 Å². The van der Waals surface area contributed by atoms with Crippen LogP contribution in [0.2, 0.25) is 0 Å². The van der Waals surface area contributed by atoms with Crippen LogP contribution in [0.3, 0.4) is 0 Å². The highest BCUT2D eigenvalue weighted by Gasteiger charge is 2.26. The first-order valence-corrected chi connectivity index (χ1v) is 10.8. The molecule has 1 aromatic carbocycles. The number of hydrogen-bond donors (Lipinski definition) is 2. The van der Waals surface area contributed by atoms with Gasteiger partial charge in [-0.25, -0.2) is 0 Å². The lowest BCUT2D eigenvalue weighted by Gasteiger charge is -2.31. The number of carbonyl (C=O) groups excluding carboxylic acids is 2. The van der Waals surface area contributed by atoms with Gasteiger partial charge in [-0.2, -0.15) is 10.2 Å². The Bertz CT molecular complexity index is 1070. The molecule has 1 aliphatic rings. The summed E-state index contributed by atoms with van der Waals surface area (Å²) in [6, 6.07) is 9.32. The first-order valence-electron chi connectivity index (χ1n) is 10.8. The fourth-order valence-electron chi connectivity index (χ4n) is 4.15. The molecule has 2 aromatic heterocycles. The van der Waals surface area contributed by atoms with E-state index in [4.69, 9.17) is 4.74 Å². The second kappa shape index (κ2) is 9.67. The van der Waals surface area contributed by atoms with Crippen molar-refractivity contribution in [3.63, 3.8) is 0 Å². The zero-order valence-corrected chi connectivity index (χ0v) is 18.4. The zero-order chi connectivity index (χ0) is 22.5. The minimum absolute atomic E-state index is 0.0183. The van der Waals surface area contributed by atoms with Gasteiger partial charge in [-0.15, -0.1) is 0 Å². The van der Waals surface area contributed by atoms with Crippen LogP contribution in [0.5, 0.6) is 5.75 Å². The van der Waals surface area contributed by atoms with E-state index in [-0.39, 0.29) is 11.8 Å². The van der Waals surface area contributed by atoms with Crippen molar-refractivity contribution in [3.05, 3.63) is 65.2 Å². The van der Waals surface area contributed by atoms with Crippen LogP contribution in [0.4, 0.5) is 0 Å². The predicted molar refractivity (Wildman–Crippen MR) is 118 cm³/mol. The van der Waals surface area contributed by atoms with Crippen LogP contribution in [0.1, 0.15) is 44.9 Å². The molecule has 3 aromatic rings. The van der Waals surface area contributed by atoms with Crippen LogP contribution in [-0.2, 0) is 20.0 Å². The highest BCUT2D eigenvalue weighted by atomic mass is 16.5. The zero-order valence-electron chi connectivity index (χ0n) is 18.4. The summed E-state index contributed by atoms with van der Waals surface area (Å²) < 4.78 is 7.04. The van der Waals surface area contributed by atoms with E-state index in [0.29, 0.717) is 43.2 Å². The van der Waals surface area contributed by atoms with Gasteiger partial charge in [-0.1, -0.05) is 18.2 Å². The summed E-state index contributed by atoms with van der Waals surface area (Å²) in [5.74, 6) is 0.952. The van der Waals surface area contributed by atoms with Crippen LogP contribution in [0, 0.1) is 5.92 Å². The summed E-state index contributed by atoms with van der Waals surface area (Å²) in [7, 11) is 3.44. The maximum absolute atomic E-state index is 12.9. The molecule has 1 fully saturated rings. The van der Waals surface area contributed by atoms with E-state index in [0.717, 1.165) is 29.8 Å². The monoisotopic (exact) mass is 436 g/mol. The van der Waals surface area contributed by atoms with Crippen molar-refractivity contribution < 1.29 is 14.3 Å². The van der Waals surface area contributed by atoms with Gasteiger partial charge in [0.15, 0.2) is 0 Å². The van der Waals surface area contributed by atoms with E-state index >= 15 is 0 Å². The van der Waals surface area contributed by atoms with Crippen LogP contribution in [0.15, 0.2) is 42.7 Å². The van der Waals surface area contributed by atoms with Crippen LogP contribution in [-0.4, -0.2) is 56.9 Å². The molecule has 2 amide bonds. The summed E-state index contributed by atoms with van der Waals surface area (Å²) >= 11 is 0. The van der Waals surface area contributed by atoms with E-state index in [1.165, 1.54) is 0 Å². The lowest BCUT2D eigenvalue weighted by molar-refractivity contribution is 0.0684. The number of para-hydroxylation sites is 1. The summed E-state index contributed by atoms with van der Waals surface area (Å²) in [5.41, 5.74) is 2.83. The number of aromatic amines is 1. The molecule has 9 nitrogen and oxygen atoms in total. The number of ether oxygens (including phenoxy) is 1. The molecule has 4 rings (SSSR count). The molecule has 0 atom stereocenters. The molecule has 2 N–H and O–H groups in total. The predicted octanol–water partition coefficient (Wildman–Crippen LogP) is 2.18. The van der Waals surface area contributed by atoms with Gasteiger partial charge in [-0.3, -0.25) is 19.4 Å². The number of piperidine rings is 1. The highest BCUT2D eigenvalue weighted by molar-refractivity contribution is 5.95. The third kappa shape index (κ3) is 4.82. The minimum atomic E-state index is -0.147. The number of aromatic nitrogens is 4. The molecule has 168 valence electrons. The fraction of sp³-hybridized carbons (Fsp3) is 0.391. The second-order valence-corrected chi connectivity index (χ2v) is 8.07. The Kier molecular flexibility index (Phi) is 6.53. The SMILES string of the molecule is COc1ccccc1CNC(=O)c1cn(C)nc1CC1CCN(C(=O)c2ccn[nH]2)CC1. The van der Waals surface area contributed by atoms with Crippen molar-refractivity contribution >= 4 is 11.8 Å². The lowest BCUT2D eigenvalue weighted by Crippen LogP contribution is -2.39. The van der Waals surface area contributed by atoms with Crippen molar-refractivity contribution in [2.75, 3.05) is 20.2 Å². The van der Waals surface area contributed by atoms with Gasteiger partial charge in [0.25, 0.3) is 11.8 Å². The first kappa shape index (κ1) is 21.6. The number of nitrogens with one attached hydrogen (secondary N) is 2. The Balaban J connectivity index is 1.35. The van der Waals surface area contributed by atoms with Gasteiger partial charge in [0.05, 0.1) is 18.4 Å². The van der Waals surface area contributed by atoms with Gasteiger partial charge in [0, 0.05) is 44.6 Å². The number of nitrogens with zero attached hydrogens (tertiary/aromatic N) is 4. The van der Waals surface area contributed by atoms with Gasteiger partial charge < -0.3 is 15.0 Å². The molecule has 0 spiro atoms. The molecule has 0 aliphatic carbocycles. The van der Waals surface area contributed by atoms with Gasteiger partial charge in [0.2, 0.25) is 0 Å². The lowest BCUT2D eigenvalue weighted by atomic mass is 9.91. The van der Waals surface area contributed by atoms with Crippen molar-refractivity contribution in [2.45, 2.75) is 25.8 Å². The normalized spacial score (nSPS) is 14.4. The van der Waals surface area contributed by atoms with E-state index in [2.05, 4.69) is 20.6 Å². The summed E-state index contributed by atoms with van der Waals surface area (Å²) in [6.45, 7) is 1.75. The molecule has 0 bridgehead atoms. The van der Waals surface area contributed by atoms with Crippen molar-refractivity contribution in [1.82, 2.24) is 30.2 Å². The quantitative estimate of drug-likeness (QED) is 0.591. The van der Waals surface area contributed by atoms with E-state index < -0.39 is 0 Å². The van der Waals surface area contributed by atoms with E-state index in [1.54, 1.807) is 30.3 Å². The van der Waals surface area contributed by atoms with E-state index in [1.807, 2.05) is 36.2 Å². The van der Waals surface area contributed by atoms with Crippen LogP contribution < -0.4 is 10.1 Å². The Morgan fingerprint density at radius 2 is 2.00 bits per heavy atom. The average molecular weight is 437 g/mol. The number of likely N-dealkylation sites (tertiary alicyclic amines) is 1. The maximum Gasteiger partial charge on any atom is 0.271 e. The third-order valence-corrected chi connectivity index (χ3v) is 5.90. The van der Waals surface area contributed by atoms with Gasteiger partial charge in [-0.05, 0) is 37.3 Å². The maximum atomic E-state index is 12.9. The number of methoxy groups -OCH3 is 1. The summed E-state index contributed by atoms with van der Waals surface area (Å²) in [5, 5.41) is 14.1. The third-order valence-electron chi connectivity index (χ3n) is 5.90. The second-order valence-electron chi connectivity index (χ2n) is 8.07. The standard InChI is InChI=1S/C23H28N6O3/c1-28-15-18(22(30)24-14-17-5-3-4-6-21(17)32-2)20(27-28)13-16-8-11-29(12-9-16)23(31)19-7-10-25-26-19/h3-7,10,15-16H,8-9,11-14H2,1-2H3,(H,24,30)(H,25,26).